The minimum absolute atomic E-state index is 0.0382. The first-order valence-electron chi connectivity index (χ1n) is 10.6. The number of fused-ring (bicyclic) bond motifs is 1. The second kappa shape index (κ2) is 8.53. The minimum Gasteiger partial charge on any atom is -0.354 e. The number of benzene rings is 3. The zero-order chi connectivity index (χ0) is 23.0. The molecule has 4 aromatic rings. The molecule has 0 spiro atoms. The van der Waals surface area contributed by atoms with Gasteiger partial charge in [0.1, 0.15) is 17.5 Å². The maximum atomic E-state index is 13.5. The molecule has 0 amide bonds. The first-order valence-corrected chi connectivity index (χ1v) is 12.0. The van der Waals surface area contributed by atoms with Gasteiger partial charge in [-0.2, -0.15) is 4.31 Å². The summed E-state index contributed by atoms with van der Waals surface area (Å²) in [7, 11) is -3.76. The number of anilines is 1. The molecule has 0 aliphatic carbocycles. The Morgan fingerprint density at radius 3 is 2.21 bits per heavy atom. The lowest BCUT2D eigenvalue weighted by molar-refractivity contribution is 0.383. The molecule has 8 heteroatoms. The number of aromatic nitrogens is 1. The maximum Gasteiger partial charge on any atom is 0.243 e. The highest BCUT2D eigenvalue weighted by atomic mass is 32.2. The van der Waals surface area contributed by atoms with Gasteiger partial charge < -0.3 is 4.90 Å². The Balaban J connectivity index is 1.40. The van der Waals surface area contributed by atoms with E-state index in [9.17, 15) is 17.2 Å². The molecule has 0 saturated carbocycles. The van der Waals surface area contributed by atoms with Crippen molar-refractivity contribution < 1.29 is 17.2 Å². The van der Waals surface area contributed by atoms with E-state index in [-0.39, 0.29) is 23.8 Å². The lowest BCUT2D eigenvalue weighted by Crippen LogP contribution is -2.48. The molecule has 3 aromatic carbocycles. The minimum atomic E-state index is -3.76. The average Bonchev–Trinajstić information content (AvgIpc) is 2.84. The molecule has 1 aliphatic heterocycles. The van der Waals surface area contributed by atoms with Gasteiger partial charge in [0.15, 0.2) is 0 Å². The summed E-state index contributed by atoms with van der Waals surface area (Å²) in [6.07, 6.45) is 0. The summed E-state index contributed by atoms with van der Waals surface area (Å²) in [5.74, 6) is -0.120. The van der Waals surface area contributed by atoms with E-state index < -0.39 is 15.8 Å². The molecular formula is C25H21F2N3O2S. The molecule has 33 heavy (non-hydrogen) atoms. The number of rotatable bonds is 4. The number of pyridine rings is 1. The third kappa shape index (κ3) is 4.19. The maximum absolute atomic E-state index is 13.5. The quantitative estimate of drug-likeness (QED) is 0.439. The summed E-state index contributed by atoms with van der Waals surface area (Å²) >= 11 is 0. The fraction of sp³-hybridized carbons (Fsp3) is 0.160. The monoisotopic (exact) mass is 465 g/mol. The van der Waals surface area contributed by atoms with E-state index in [1.807, 2.05) is 35.2 Å². The summed E-state index contributed by atoms with van der Waals surface area (Å²) in [6.45, 7) is 1.48. The zero-order valence-electron chi connectivity index (χ0n) is 17.7. The van der Waals surface area contributed by atoms with E-state index in [4.69, 9.17) is 4.98 Å². The summed E-state index contributed by atoms with van der Waals surface area (Å²) in [5, 5.41) is 0.966. The smallest absolute Gasteiger partial charge is 0.243 e. The van der Waals surface area contributed by atoms with Crippen molar-refractivity contribution in [1.82, 2.24) is 9.29 Å². The van der Waals surface area contributed by atoms with Crippen LogP contribution in [0.25, 0.3) is 22.0 Å². The van der Waals surface area contributed by atoms with Crippen molar-refractivity contribution in [3.63, 3.8) is 0 Å². The van der Waals surface area contributed by atoms with Gasteiger partial charge in [0.2, 0.25) is 10.0 Å². The molecule has 0 unspecified atom stereocenters. The van der Waals surface area contributed by atoms with Gasteiger partial charge in [-0.05, 0) is 48.0 Å². The predicted molar refractivity (Wildman–Crippen MR) is 125 cm³/mol. The third-order valence-corrected chi connectivity index (χ3v) is 7.75. The van der Waals surface area contributed by atoms with Gasteiger partial charge in [-0.3, -0.25) is 0 Å². The van der Waals surface area contributed by atoms with Crippen molar-refractivity contribution in [3.8, 4) is 11.1 Å². The Morgan fingerprint density at radius 2 is 1.48 bits per heavy atom. The van der Waals surface area contributed by atoms with Crippen LogP contribution in [-0.2, 0) is 10.0 Å². The van der Waals surface area contributed by atoms with Gasteiger partial charge in [0, 0.05) is 37.1 Å². The van der Waals surface area contributed by atoms with Crippen molar-refractivity contribution in [3.05, 3.63) is 90.5 Å². The number of hydrogen-bond acceptors (Lipinski definition) is 4. The fourth-order valence-electron chi connectivity index (χ4n) is 4.11. The average molecular weight is 466 g/mol. The molecule has 1 fully saturated rings. The summed E-state index contributed by atoms with van der Waals surface area (Å²) in [5.41, 5.74) is 2.58. The van der Waals surface area contributed by atoms with E-state index >= 15 is 0 Å². The number of nitrogens with zero attached hydrogens (tertiary/aromatic N) is 3. The highest BCUT2D eigenvalue weighted by molar-refractivity contribution is 7.89. The number of hydrogen-bond donors (Lipinski definition) is 0. The van der Waals surface area contributed by atoms with E-state index in [0.717, 1.165) is 33.9 Å². The largest absolute Gasteiger partial charge is 0.354 e. The van der Waals surface area contributed by atoms with Crippen molar-refractivity contribution in [2.24, 2.45) is 0 Å². The van der Waals surface area contributed by atoms with Gasteiger partial charge >= 0.3 is 0 Å². The summed E-state index contributed by atoms with van der Waals surface area (Å²) < 4.78 is 54.1. The molecular weight excluding hydrogens is 444 g/mol. The van der Waals surface area contributed by atoms with Gasteiger partial charge in [-0.1, -0.05) is 36.4 Å². The number of para-hydroxylation sites is 1. The summed E-state index contributed by atoms with van der Waals surface area (Å²) in [6, 6.07) is 21.2. The molecule has 0 radical (unpaired) electrons. The van der Waals surface area contributed by atoms with Crippen molar-refractivity contribution >= 4 is 26.7 Å². The van der Waals surface area contributed by atoms with E-state index in [0.29, 0.717) is 13.1 Å². The molecule has 1 saturated heterocycles. The van der Waals surface area contributed by atoms with Crippen molar-refractivity contribution in [2.75, 3.05) is 31.1 Å². The molecule has 0 atom stereocenters. The van der Waals surface area contributed by atoms with E-state index in [1.165, 1.54) is 34.6 Å². The Morgan fingerprint density at radius 1 is 0.758 bits per heavy atom. The topological polar surface area (TPSA) is 53.5 Å². The second-order valence-electron chi connectivity index (χ2n) is 7.90. The SMILES string of the molecule is O=S(=O)(c1cccc(F)c1)N1CCN(c2ccc3cccc(-c4ccc(F)cc4)c3n2)CC1. The van der Waals surface area contributed by atoms with Crippen LogP contribution in [0, 0.1) is 11.6 Å². The molecule has 5 nitrogen and oxygen atoms in total. The van der Waals surface area contributed by atoms with Crippen LogP contribution in [0.3, 0.4) is 0 Å². The Kier molecular flexibility index (Phi) is 5.55. The number of halogens is 2. The van der Waals surface area contributed by atoms with Gasteiger partial charge in [-0.25, -0.2) is 22.2 Å². The van der Waals surface area contributed by atoms with E-state index in [2.05, 4.69) is 0 Å². The van der Waals surface area contributed by atoms with Crippen molar-refractivity contribution in [1.29, 1.82) is 0 Å². The third-order valence-electron chi connectivity index (χ3n) is 5.86. The zero-order valence-corrected chi connectivity index (χ0v) is 18.5. The Labute approximate surface area is 191 Å². The molecule has 1 aliphatic rings. The summed E-state index contributed by atoms with van der Waals surface area (Å²) in [4.78, 5) is 6.87. The van der Waals surface area contributed by atoms with Crippen LogP contribution in [-0.4, -0.2) is 43.9 Å². The first-order chi connectivity index (χ1) is 15.9. The molecule has 5 rings (SSSR count). The number of piperazine rings is 1. The van der Waals surface area contributed by atoms with Gasteiger partial charge in [0.25, 0.3) is 0 Å². The molecule has 2 heterocycles. The molecule has 0 N–H and O–H groups in total. The molecule has 0 bridgehead atoms. The van der Waals surface area contributed by atoms with Crippen LogP contribution in [0.1, 0.15) is 0 Å². The first kappa shape index (κ1) is 21.5. The van der Waals surface area contributed by atoms with Gasteiger partial charge in [-0.15, -0.1) is 0 Å². The normalized spacial score (nSPS) is 15.2. The van der Waals surface area contributed by atoms with Crippen molar-refractivity contribution in [2.45, 2.75) is 4.90 Å². The van der Waals surface area contributed by atoms with Crippen LogP contribution in [0.15, 0.2) is 83.8 Å². The lowest BCUT2D eigenvalue weighted by atomic mass is 10.0. The van der Waals surface area contributed by atoms with Crippen LogP contribution in [0.2, 0.25) is 0 Å². The highest BCUT2D eigenvalue weighted by Crippen LogP contribution is 2.30. The highest BCUT2D eigenvalue weighted by Gasteiger charge is 2.29. The Hall–Kier alpha value is -3.36. The second-order valence-corrected chi connectivity index (χ2v) is 9.84. The van der Waals surface area contributed by atoms with Crippen LogP contribution in [0.4, 0.5) is 14.6 Å². The van der Waals surface area contributed by atoms with Crippen LogP contribution >= 0.6 is 0 Å². The predicted octanol–water partition coefficient (Wildman–Crippen LogP) is 4.69. The van der Waals surface area contributed by atoms with Crippen LogP contribution in [0.5, 0.6) is 0 Å². The molecule has 1 aromatic heterocycles. The molecule has 168 valence electrons. The number of sulfonamides is 1. The lowest BCUT2D eigenvalue weighted by Gasteiger charge is -2.34. The standard InChI is InChI=1S/C25H21F2N3O2S/c26-20-10-7-18(8-11-20)23-6-1-3-19-9-12-24(28-25(19)23)29-13-15-30(16-14-29)33(31,32)22-5-2-4-21(27)17-22/h1-12,17H,13-16H2. The Bertz CT molecular complexity index is 1420. The fourth-order valence-corrected chi connectivity index (χ4v) is 5.56. The van der Waals surface area contributed by atoms with E-state index in [1.54, 1.807) is 12.1 Å². The van der Waals surface area contributed by atoms with Crippen LogP contribution < -0.4 is 4.90 Å². The van der Waals surface area contributed by atoms with Gasteiger partial charge in [0.05, 0.1) is 10.4 Å².